The molecule has 1 heterocycles. The third kappa shape index (κ3) is 3.47. The molecule has 0 aliphatic heterocycles. The van der Waals surface area contributed by atoms with Gasteiger partial charge in [0, 0.05) is 18.8 Å². The highest BCUT2D eigenvalue weighted by atomic mass is 16.2. The van der Waals surface area contributed by atoms with Gasteiger partial charge < -0.3 is 15.2 Å². The second-order valence-electron chi connectivity index (χ2n) is 6.33. The smallest absolute Gasteiger partial charge is 0.313 e. The Kier molecular flexibility index (Phi) is 4.70. The highest BCUT2D eigenvalue weighted by Crippen LogP contribution is 2.35. The standard InChI is InChI=1S/C19H21N3O3/c1-3-22-11-14(8-9-16(22)23)20-18(24)19(25)21-17-12(2)10-13-6-4-5-7-15(13)17/h4-9,11-12,17H,3,10H2,1-2H3,(H,20,24)(H,21,25). The van der Waals surface area contributed by atoms with Gasteiger partial charge in [0.2, 0.25) is 0 Å². The lowest BCUT2D eigenvalue weighted by Gasteiger charge is -2.18. The minimum atomic E-state index is -0.738. The molecule has 6 nitrogen and oxygen atoms in total. The summed E-state index contributed by atoms with van der Waals surface area (Å²) in [7, 11) is 0. The van der Waals surface area contributed by atoms with E-state index in [1.807, 2.05) is 31.2 Å². The van der Waals surface area contributed by atoms with E-state index >= 15 is 0 Å². The van der Waals surface area contributed by atoms with Gasteiger partial charge in [-0.05, 0) is 36.5 Å². The van der Waals surface area contributed by atoms with Gasteiger partial charge in [-0.15, -0.1) is 0 Å². The average molecular weight is 339 g/mol. The molecule has 2 amide bonds. The van der Waals surface area contributed by atoms with Crippen molar-refractivity contribution in [1.29, 1.82) is 0 Å². The molecule has 1 aromatic heterocycles. The fraction of sp³-hybridized carbons (Fsp3) is 0.316. The van der Waals surface area contributed by atoms with Crippen molar-refractivity contribution in [3.05, 3.63) is 64.1 Å². The lowest BCUT2D eigenvalue weighted by Crippen LogP contribution is -2.39. The summed E-state index contributed by atoms with van der Waals surface area (Å²) in [4.78, 5) is 36.1. The number of carbonyl (C=O) groups excluding carboxylic acids is 2. The Balaban J connectivity index is 1.69. The van der Waals surface area contributed by atoms with Gasteiger partial charge in [-0.1, -0.05) is 31.2 Å². The topological polar surface area (TPSA) is 80.2 Å². The van der Waals surface area contributed by atoms with Gasteiger partial charge >= 0.3 is 11.8 Å². The highest BCUT2D eigenvalue weighted by molar-refractivity contribution is 6.39. The molecule has 0 fully saturated rings. The van der Waals surface area contributed by atoms with E-state index in [1.54, 1.807) is 0 Å². The van der Waals surface area contributed by atoms with Crippen LogP contribution >= 0.6 is 0 Å². The van der Waals surface area contributed by atoms with Crippen LogP contribution in [0.5, 0.6) is 0 Å². The van der Waals surface area contributed by atoms with Crippen molar-refractivity contribution < 1.29 is 9.59 Å². The van der Waals surface area contributed by atoms with Crippen LogP contribution in [0.1, 0.15) is 31.0 Å². The summed E-state index contributed by atoms with van der Waals surface area (Å²) in [6.07, 6.45) is 2.41. The van der Waals surface area contributed by atoms with Crippen molar-refractivity contribution in [1.82, 2.24) is 9.88 Å². The van der Waals surface area contributed by atoms with Gasteiger partial charge in [0.15, 0.2) is 0 Å². The number of rotatable bonds is 3. The lowest BCUT2D eigenvalue weighted by molar-refractivity contribution is -0.136. The monoisotopic (exact) mass is 339 g/mol. The van der Waals surface area contributed by atoms with Gasteiger partial charge in [-0.2, -0.15) is 0 Å². The van der Waals surface area contributed by atoms with Crippen LogP contribution in [-0.4, -0.2) is 16.4 Å². The molecule has 0 bridgehead atoms. The van der Waals surface area contributed by atoms with E-state index in [4.69, 9.17) is 0 Å². The van der Waals surface area contributed by atoms with E-state index in [0.717, 1.165) is 12.0 Å². The molecule has 0 saturated carbocycles. The number of amides is 2. The number of anilines is 1. The van der Waals surface area contributed by atoms with Crippen molar-refractivity contribution >= 4 is 17.5 Å². The van der Waals surface area contributed by atoms with Gasteiger partial charge in [0.05, 0.1) is 11.7 Å². The molecule has 130 valence electrons. The number of aryl methyl sites for hydroxylation is 1. The number of nitrogens with one attached hydrogen (secondary N) is 2. The molecule has 3 rings (SSSR count). The Labute approximate surface area is 145 Å². The van der Waals surface area contributed by atoms with Gasteiger partial charge in [0.1, 0.15) is 0 Å². The molecule has 6 heteroatoms. The normalized spacial score (nSPS) is 18.5. The maximum absolute atomic E-state index is 12.3. The molecule has 0 radical (unpaired) electrons. The molecule has 1 aromatic carbocycles. The predicted molar refractivity (Wildman–Crippen MR) is 95.2 cm³/mol. The zero-order valence-electron chi connectivity index (χ0n) is 14.3. The first-order chi connectivity index (χ1) is 12.0. The molecule has 2 aromatic rings. The van der Waals surface area contributed by atoms with Crippen LogP contribution in [0.4, 0.5) is 5.69 Å². The fourth-order valence-corrected chi connectivity index (χ4v) is 3.26. The number of benzene rings is 1. The maximum atomic E-state index is 12.3. The summed E-state index contributed by atoms with van der Waals surface area (Å²) in [5, 5.41) is 5.37. The maximum Gasteiger partial charge on any atom is 0.313 e. The van der Waals surface area contributed by atoms with E-state index in [1.165, 1.54) is 28.5 Å². The molecule has 1 aliphatic carbocycles. The van der Waals surface area contributed by atoms with Crippen LogP contribution in [0.15, 0.2) is 47.4 Å². The highest BCUT2D eigenvalue weighted by Gasteiger charge is 2.31. The van der Waals surface area contributed by atoms with E-state index in [9.17, 15) is 14.4 Å². The Morgan fingerprint density at radius 3 is 2.68 bits per heavy atom. The molecule has 1 aliphatic rings. The van der Waals surface area contributed by atoms with E-state index in [2.05, 4.69) is 17.6 Å². The van der Waals surface area contributed by atoms with Crippen molar-refractivity contribution in [2.75, 3.05) is 5.32 Å². The summed E-state index contributed by atoms with van der Waals surface area (Å²) >= 11 is 0. The first-order valence-electron chi connectivity index (χ1n) is 8.39. The Hall–Kier alpha value is -2.89. The minimum absolute atomic E-state index is 0.152. The van der Waals surface area contributed by atoms with Crippen molar-refractivity contribution in [3.63, 3.8) is 0 Å². The number of hydrogen-bond acceptors (Lipinski definition) is 3. The summed E-state index contributed by atoms with van der Waals surface area (Å²) in [5.74, 6) is -1.18. The molecular formula is C19H21N3O3. The van der Waals surface area contributed by atoms with Crippen molar-refractivity contribution in [2.45, 2.75) is 32.9 Å². The van der Waals surface area contributed by atoms with Crippen LogP contribution in [0, 0.1) is 5.92 Å². The fourth-order valence-electron chi connectivity index (χ4n) is 3.26. The Morgan fingerprint density at radius 1 is 1.16 bits per heavy atom. The van der Waals surface area contributed by atoms with Gasteiger partial charge in [0.25, 0.3) is 5.56 Å². The van der Waals surface area contributed by atoms with E-state index < -0.39 is 11.8 Å². The van der Waals surface area contributed by atoms with Gasteiger partial charge in [-0.25, -0.2) is 0 Å². The predicted octanol–water partition coefficient (Wildman–Crippen LogP) is 1.86. The quantitative estimate of drug-likeness (QED) is 0.838. The van der Waals surface area contributed by atoms with Crippen LogP contribution in [-0.2, 0) is 22.6 Å². The molecule has 2 unspecified atom stereocenters. The molecule has 25 heavy (non-hydrogen) atoms. The molecule has 0 spiro atoms. The largest absolute Gasteiger partial charge is 0.341 e. The summed E-state index contributed by atoms with van der Waals surface area (Å²) in [5.41, 5.74) is 2.54. The number of fused-ring (bicyclic) bond motifs is 1. The van der Waals surface area contributed by atoms with Crippen LogP contribution in [0.3, 0.4) is 0 Å². The zero-order chi connectivity index (χ0) is 18.0. The van der Waals surface area contributed by atoms with Crippen molar-refractivity contribution in [2.24, 2.45) is 5.92 Å². The third-order valence-electron chi connectivity index (χ3n) is 4.58. The summed E-state index contributed by atoms with van der Waals surface area (Å²) in [6.45, 7) is 4.38. The van der Waals surface area contributed by atoms with Crippen LogP contribution in [0.2, 0.25) is 0 Å². The van der Waals surface area contributed by atoms with Crippen molar-refractivity contribution in [3.8, 4) is 0 Å². The number of pyridine rings is 1. The molecule has 2 N–H and O–H groups in total. The molecule has 2 atom stereocenters. The number of carbonyl (C=O) groups is 2. The lowest BCUT2D eigenvalue weighted by atomic mass is 10.0. The average Bonchev–Trinajstić information content (AvgIpc) is 2.92. The first-order valence-corrected chi connectivity index (χ1v) is 8.39. The summed E-state index contributed by atoms with van der Waals surface area (Å²) in [6, 6.07) is 10.6. The van der Waals surface area contributed by atoms with Crippen LogP contribution in [0.25, 0.3) is 0 Å². The first kappa shape index (κ1) is 17.0. The van der Waals surface area contributed by atoms with E-state index in [-0.39, 0.29) is 17.5 Å². The summed E-state index contributed by atoms with van der Waals surface area (Å²) < 4.78 is 1.46. The zero-order valence-corrected chi connectivity index (χ0v) is 14.3. The minimum Gasteiger partial charge on any atom is -0.341 e. The van der Waals surface area contributed by atoms with Crippen LogP contribution < -0.4 is 16.2 Å². The third-order valence-corrected chi connectivity index (χ3v) is 4.58. The number of nitrogens with zero attached hydrogens (tertiary/aromatic N) is 1. The number of aromatic nitrogens is 1. The second kappa shape index (κ2) is 6.93. The molecular weight excluding hydrogens is 318 g/mol. The van der Waals surface area contributed by atoms with Gasteiger partial charge in [-0.3, -0.25) is 14.4 Å². The molecule has 0 saturated heterocycles. The Morgan fingerprint density at radius 2 is 1.92 bits per heavy atom. The van der Waals surface area contributed by atoms with E-state index in [0.29, 0.717) is 12.2 Å². The SMILES string of the molecule is CCn1cc(NC(=O)C(=O)NC2c3ccccc3CC2C)ccc1=O. The Bertz CT molecular complexity index is 872. The second-order valence-corrected chi connectivity index (χ2v) is 6.33. The number of hydrogen-bond donors (Lipinski definition) is 2.